The molecular formula is C18H16N2O6. The number of rotatable bonds is 5. The first-order valence-corrected chi connectivity index (χ1v) is 7.85. The Balaban J connectivity index is 1.61. The zero-order valence-electron chi connectivity index (χ0n) is 13.7. The summed E-state index contributed by atoms with van der Waals surface area (Å²) in [6.07, 6.45) is 2.95. The summed E-state index contributed by atoms with van der Waals surface area (Å²) in [6, 6.07) is 8.98. The highest BCUT2D eigenvalue weighted by Crippen LogP contribution is 2.31. The van der Waals surface area contributed by atoms with Crippen molar-refractivity contribution < 1.29 is 24.3 Å². The smallest absolute Gasteiger partial charge is 0.270 e. The number of benzene rings is 2. The number of phenols is 1. The lowest BCUT2D eigenvalue weighted by molar-refractivity contribution is -0.384. The highest BCUT2D eigenvalue weighted by molar-refractivity contribution is 5.91. The van der Waals surface area contributed by atoms with Gasteiger partial charge in [-0.1, -0.05) is 6.07 Å². The molecule has 2 aromatic carbocycles. The van der Waals surface area contributed by atoms with Gasteiger partial charge < -0.3 is 19.9 Å². The summed E-state index contributed by atoms with van der Waals surface area (Å²) >= 11 is 0. The molecule has 1 heterocycles. The number of hydrogen-bond donors (Lipinski definition) is 2. The maximum Gasteiger partial charge on any atom is 0.270 e. The number of carbonyl (C=O) groups excluding carboxylic acids is 1. The van der Waals surface area contributed by atoms with Gasteiger partial charge in [0.25, 0.3) is 5.69 Å². The van der Waals surface area contributed by atoms with Gasteiger partial charge in [0.15, 0.2) is 11.5 Å². The third kappa shape index (κ3) is 4.10. The van der Waals surface area contributed by atoms with Crippen LogP contribution in [0.15, 0.2) is 42.5 Å². The van der Waals surface area contributed by atoms with Crippen LogP contribution in [0.3, 0.4) is 0 Å². The fourth-order valence-corrected chi connectivity index (χ4v) is 2.40. The molecule has 0 aromatic heterocycles. The number of amides is 1. The number of nitrogens with one attached hydrogen (secondary N) is 1. The Morgan fingerprint density at radius 2 is 1.96 bits per heavy atom. The minimum Gasteiger partial charge on any atom is -0.508 e. The third-order valence-electron chi connectivity index (χ3n) is 3.72. The third-order valence-corrected chi connectivity index (χ3v) is 3.72. The van der Waals surface area contributed by atoms with E-state index in [4.69, 9.17) is 9.47 Å². The first kappa shape index (κ1) is 17.3. The average Bonchev–Trinajstić information content (AvgIpc) is 2.65. The second-order valence-electron chi connectivity index (χ2n) is 5.52. The van der Waals surface area contributed by atoms with Crippen LogP contribution in [0.2, 0.25) is 0 Å². The zero-order chi connectivity index (χ0) is 18.5. The van der Waals surface area contributed by atoms with Gasteiger partial charge in [0.05, 0.1) is 4.92 Å². The zero-order valence-corrected chi connectivity index (χ0v) is 13.7. The standard InChI is InChI=1S/C18H16N2O6/c21-15-4-3-14(20(23)24)10-13(15)11-19-18(22)6-2-12-1-5-16-17(9-12)26-8-7-25-16/h1-6,9-10,21H,7-8,11H2,(H,19,22)/b6-2+. The lowest BCUT2D eigenvalue weighted by atomic mass is 10.1. The summed E-state index contributed by atoms with van der Waals surface area (Å²) in [5, 5.41) is 23.1. The average molecular weight is 356 g/mol. The Kier molecular flexibility index (Phi) is 5.02. The molecule has 0 saturated heterocycles. The van der Waals surface area contributed by atoms with Gasteiger partial charge in [0.1, 0.15) is 19.0 Å². The van der Waals surface area contributed by atoms with E-state index in [1.807, 2.05) is 0 Å². The first-order chi connectivity index (χ1) is 12.5. The molecule has 0 aliphatic carbocycles. The number of nitro benzene ring substituents is 1. The van der Waals surface area contributed by atoms with Crippen molar-refractivity contribution in [3.63, 3.8) is 0 Å². The van der Waals surface area contributed by atoms with E-state index < -0.39 is 10.8 Å². The van der Waals surface area contributed by atoms with E-state index in [0.29, 0.717) is 24.7 Å². The molecule has 0 unspecified atom stereocenters. The summed E-state index contributed by atoms with van der Waals surface area (Å²) in [6.45, 7) is 0.959. The van der Waals surface area contributed by atoms with Crippen molar-refractivity contribution in [3.05, 3.63) is 63.7 Å². The summed E-state index contributed by atoms with van der Waals surface area (Å²) in [5.41, 5.74) is 0.877. The fraction of sp³-hybridized carbons (Fsp3) is 0.167. The van der Waals surface area contributed by atoms with Crippen molar-refractivity contribution in [2.24, 2.45) is 0 Å². The minimum absolute atomic E-state index is 0.0299. The van der Waals surface area contributed by atoms with Gasteiger partial charge in [-0.3, -0.25) is 14.9 Å². The maximum atomic E-state index is 11.9. The molecule has 0 spiro atoms. The molecule has 134 valence electrons. The summed E-state index contributed by atoms with van der Waals surface area (Å²) in [7, 11) is 0. The normalized spacial score (nSPS) is 12.8. The fourth-order valence-electron chi connectivity index (χ4n) is 2.40. The van der Waals surface area contributed by atoms with Crippen molar-refractivity contribution in [1.29, 1.82) is 0 Å². The van der Waals surface area contributed by atoms with Crippen LogP contribution >= 0.6 is 0 Å². The molecule has 2 aromatic rings. The summed E-state index contributed by atoms with van der Waals surface area (Å²) < 4.78 is 10.9. The monoisotopic (exact) mass is 356 g/mol. The molecule has 26 heavy (non-hydrogen) atoms. The van der Waals surface area contributed by atoms with E-state index in [1.54, 1.807) is 24.3 Å². The van der Waals surface area contributed by atoms with Crippen LogP contribution in [0.5, 0.6) is 17.2 Å². The van der Waals surface area contributed by atoms with Crippen LogP contribution in [0.25, 0.3) is 6.08 Å². The molecule has 0 fully saturated rings. The van der Waals surface area contributed by atoms with Crippen LogP contribution in [0, 0.1) is 10.1 Å². The van der Waals surface area contributed by atoms with Gasteiger partial charge in [0, 0.05) is 30.3 Å². The SMILES string of the molecule is O=C(/C=C/c1ccc2c(c1)OCCO2)NCc1cc([N+](=O)[O-])ccc1O. The molecule has 1 amide bonds. The Morgan fingerprint density at radius 1 is 1.19 bits per heavy atom. The highest BCUT2D eigenvalue weighted by atomic mass is 16.6. The molecule has 2 N–H and O–H groups in total. The van der Waals surface area contributed by atoms with Crippen LogP contribution in [0.4, 0.5) is 5.69 Å². The Morgan fingerprint density at radius 3 is 2.73 bits per heavy atom. The van der Waals surface area contributed by atoms with Gasteiger partial charge >= 0.3 is 0 Å². The van der Waals surface area contributed by atoms with Gasteiger partial charge in [-0.2, -0.15) is 0 Å². The van der Waals surface area contributed by atoms with Crippen molar-refractivity contribution in [3.8, 4) is 17.2 Å². The predicted octanol–water partition coefficient (Wildman–Crippen LogP) is 2.40. The predicted molar refractivity (Wildman–Crippen MR) is 93.1 cm³/mol. The number of aromatic hydroxyl groups is 1. The van der Waals surface area contributed by atoms with Crippen molar-refractivity contribution in [2.45, 2.75) is 6.54 Å². The van der Waals surface area contributed by atoms with Crippen molar-refractivity contribution in [2.75, 3.05) is 13.2 Å². The molecule has 0 saturated carbocycles. The molecular weight excluding hydrogens is 340 g/mol. The number of nitrogens with zero attached hydrogens (tertiary/aromatic N) is 1. The number of hydrogen-bond acceptors (Lipinski definition) is 6. The van der Waals surface area contributed by atoms with Crippen LogP contribution in [-0.4, -0.2) is 29.2 Å². The van der Waals surface area contributed by atoms with Gasteiger partial charge in [0.2, 0.25) is 5.91 Å². The lowest BCUT2D eigenvalue weighted by Crippen LogP contribution is -2.20. The molecule has 0 bridgehead atoms. The highest BCUT2D eigenvalue weighted by Gasteiger charge is 2.12. The van der Waals surface area contributed by atoms with Gasteiger partial charge in [-0.15, -0.1) is 0 Å². The van der Waals surface area contributed by atoms with E-state index in [-0.39, 0.29) is 23.5 Å². The van der Waals surface area contributed by atoms with Gasteiger partial charge in [-0.05, 0) is 29.8 Å². The second-order valence-corrected chi connectivity index (χ2v) is 5.52. The summed E-state index contributed by atoms with van der Waals surface area (Å²) in [5.74, 6) is 0.775. The topological polar surface area (TPSA) is 111 Å². The number of ether oxygens (including phenoxy) is 2. The quantitative estimate of drug-likeness (QED) is 0.483. The molecule has 0 atom stereocenters. The molecule has 3 rings (SSSR count). The number of fused-ring (bicyclic) bond motifs is 1. The largest absolute Gasteiger partial charge is 0.508 e. The molecule has 0 radical (unpaired) electrons. The molecule has 8 nitrogen and oxygen atoms in total. The molecule has 8 heteroatoms. The van der Waals surface area contributed by atoms with Crippen LogP contribution < -0.4 is 14.8 Å². The van der Waals surface area contributed by atoms with Crippen molar-refractivity contribution in [1.82, 2.24) is 5.32 Å². The second kappa shape index (κ2) is 7.56. The van der Waals surface area contributed by atoms with E-state index >= 15 is 0 Å². The Hall–Kier alpha value is -3.55. The van der Waals surface area contributed by atoms with Crippen molar-refractivity contribution >= 4 is 17.7 Å². The van der Waals surface area contributed by atoms with Crippen LogP contribution in [-0.2, 0) is 11.3 Å². The number of non-ortho nitro benzene ring substituents is 1. The lowest BCUT2D eigenvalue weighted by Gasteiger charge is -2.18. The Labute approximate surface area is 148 Å². The van der Waals surface area contributed by atoms with E-state index in [0.717, 1.165) is 5.56 Å². The minimum atomic E-state index is -0.563. The Bertz CT molecular complexity index is 878. The first-order valence-electron chi connectivity index (χ1n) is 7.85. The van der Waals surface area contributed by atoms with Gasteiger partial charge in [-0.25, -0.2) is 0 Å². The van der Waals surface area contributed by atoms with E-state index in [9.17, 15) is 20.0 Å². The summed E-state index contributed by atoms with van der Waals surface area (Å²) in [4.78, 5) is 22.1. The van der Waals surface area contributed by atoms with E-state index in [2.05, 4.69) is 5.32 Å². The van der Waals surface area contributed by atoms with E-state index in [1.165, 1.54) is 24.3 Å². The number of phenolic OH excluding ortho intramolecular Hbond substituents is 1. The number of nitro groups is 1. The number of carbonyl (C=O) groups is 1. The molecule has 1 aliphatic heterocycles. The maximum absolute atomic E-state index is 11.9. The molecule has 1 aliphatic rings. The van der Waals surface area contributed by atoms with Crippen LogP contribution in [0.1, 0.15) is 11.1 Å².